The summed E-state index contributed by atoms with van der Waals surface area (Å²) in [6.07, 6.45) is 10.6. The van der Waals surface area contributed by atoms with Gasteiger partial charge in [0.25, 0.3) is 5.91 Å². The molecule has 1 aliphatic carbocycles. The maximum absolute atomic E-state index is 11.8. The van der Waals surface area contributed by atoms with Crippen LogP contribution in [0.1, 0.15) is 48.2 Å². The lowest BCUT2D eigenvalue weighted by Gasteiger charge is -2.20. The van der Waals surface area contributed by atoms with Crippen molar-refractivity contribution in [2.24, 2.45) is 5.92 Å². The zero-order chi connectivity index (χ0) is 13.8. The van der Waals surface area contributed by atoms with E-state index < -0.39 is 0 Å². The Morgan fingerprint density at radius 1 is 1.40 bits per heavy atom. The number of carbonyl (C=O) groups excluding carboxylic acids is 1. The molecule has 0 aromatic carbocycles. The van der Waals surface area contributed by atoms with Crippen LogP contribution in [0.2, 0.25) is 0 Å². The van der Waals surface area contributed by atoms with Crippen molar-refractivity contribution in [2.75, 3.05) is 5.32 Å². The minimum absolute atomic E-state index is 0.200. The van der Waals surface area contributed by atoms with Crippen molar-refractivity contribution < 1.29 is 9.21 Å². The van der Waals surface area contributed by atoms with E-state index >= 15 is 0 Å². The molecule has 0 bridgehead atoms. The van der Waals surface area contributed by atoms with E-state index in [0.717, 1.165) is 18.0 Å². The van der Waals surface area contributed by atoms with Gasteiger partial charge in [-0.25, -0.2) is 0 Å². The number of amides is 1. The maximum Gasteiger partial charge on any atom is 0.260 e. The summed E-state index contributed by atoms with van der Waals surface area (Å²) in [6, 6.07) is 3.55. The summed E-state index contributed by atoms with van der Waals surface area (Å²) in [4.78, 5) is 11.8. The van der Waals surface area contributed by atoms with Crippen LogP contribution in [0.4, 0.5) is 5.82 Å². The summed E-state index contributed by atoms with van der Waals surface area (Å²) in [5.74, 6) is 1.12. The van der Waals surface area contributed by atoms with E-state index in [2.05, 4.69) is 15.5 Å². The lowest BCUT2D eigenvalue weighted by molar-refractivity contribution is 0.102. The van der Waals surface area contributed by atoms with Crippen molar-refractivity contribution in [3.05, 3.63) is 35.9 Å². The number of nitrogens with zero attached hydrogens (tertiary/aromatic N) is 1. The molecule has 1 saturated carbocycles. The first kappa shape index (κ1) is 13.0. The topological polar surface area (TPSA) is 70.9 Å². The number of anilines is 1. The second-order valence-corrected chi connectivity index (χ2v) is 5.45. The monoisotopic (exact) mass is 273 g/mol. The number of aromatic amines is 1. The summed E-state index contributed by atoms with van der Waals surface area (Å²) in [5.41, 5.74) is 1.60. The zero-order valence-electron chi connectivity index (χ0n) is 11.4. The van der Waals surface area contributed by atoms with Gasteiger partial charge in [-0.2, -0.15) is 5.10 Å². The predicted molar refractivity (Wildman–Crippen MR) is 75.5 cm³/mol. The summed E-state index contributed by atoms with van der Waals surface area (Å²) in [6.45, 7) is 0. The molecule has 2 aromatic heterocycles. The molecule has 3 rings (SSSR count). The van der Waals surface area contributed by atoms with Crippen molar-refractivity contribution in [2.45, 2.75) is 38.5 Å². The van der Waals surface area contributed by atoms with Gasteiger partial charge in [0.1, 0.15) is 6.26 Å². The molecule has 5 heteroatoms. The summed E-state index contributed by atoms with van der Waals surface area (Å²) in [7, 11) is 0. The highest BCUT2D eigenvalue weighted by Gasteiger charge is 2.16. The first-order valence-corrected chi connectivity index (χ1v) is 7.19. The van der Waals surface area contributed by atoms with Crippen LogP contribution in [0, 0.1) is 5.92 Å². The number of hydrogen-bond acceptors (Lipinski definition) is 3. The van der Waals surface area contributed by atoms with Crippen molar-refractivity contribution in [3.63, 3.8) is 0 Å². The van der Waals surface area contributed by atoms with Gasteiger partial charge in [-0.05, 0) is 18.4 Å². The van der Waals surface area contributed by atoms with Crippen LogP contribution in [0.25, 0.3) is 0 Å². The highest BCUT2D eigenvalue weighted by Crippen LogP contribution is 2.26. The van der Waals surface area contributed by atoms with E-state index in [9.17, 15) is 4.79 Å². The number of nitrogens with one attached hydrogen (secondary N) is 2. The molecule has 0 saturated heterocycles. The third kappa shape index (κ3) is 3.10. The van der Waals surface area contributed by atoms with Crippen LogP contribution in [-0.4, -0.2) is 16.1 Å². The molecule has 0 radical (unpaired) electrons. The Balaban J connectivity index is 1.57. The third-order valence-electron chi connectivity index (χ3n) is 3.89. The number of carbonyl (C=O) groups is 1. The molecular formula is C15H19N3O2. The Bertz CT molecular complexity index is 553. The van der Waals surface area contributed by atoms with Gasteiger partial charge in [0.15, 0.2) is 5.82 Å². The first-order chi connectivity index (χ1) is 9.81. The molecule has 106 valence electrons. The van der Waals surface area contributed by atoms with Gasteiger partial charge in [-0.1, -0.05) is 32.1 Å². The quantitative estimate of drug-likeness (QED) is 0.897. The van der Waals surface area contributed by atoms with E-state index in [1.165, 1.54) is 44.6 Å². The predicted octanol–water partition coefficient (Wildman–Crippen LogP) is 3.38. The Hall–Kier alpha value is -2.04. The molecule has 1 fully saturated rings. The molecule has 20 heavy (non-hydrogen) atoms. The first-order valence-electron chi connectivity index (χ1n) is 7.19. The molecule has 0 atom stereocenters. The van der Waals surface area contributed by atoms with Gasteiger partial charge in [-0.3, -0.25) is 9.89 Å². The van der Waals surface area contributed by atoms with E-state index in [1.54, 1.807) is 6.07 Å². The molecule has 1 aliphatic rings. The van der Waals surface area contributed by atoms with Gasteiger partial charge in [-0.15, -0.1) is 0 Å². The number of hydrogen-bond donors (Lipinski definition) is 2. The van der Waals surface area contributed by atoms with Gasteiger partial charge >= 0.3 is 0 Å². The smallest absolute Gasteiger partial charge is 0.260 e. The van der Waals surface area contributed by atoms with E-state index in [-0.39, 0.29) is 5.91 Å². The fourth-order valence-corrected chi connectivity index (χ4v) is 2.81. The fraction of sp³-hybridized carbons (Fsp3) is 0.467. The summed E-state index contributed by atoms with van der Waals surface area (Å²) >= 11 is 0. The molecule has 0 unspecified atom stereocenters. The van der Waals surface area contributed by atoms with Crippen molar-refractivity contribution >= 4 is 11.7 Å². The molecule has 1 amide bonds. The highest BCUT2D eigenvalue weighted by molar-refractivity contribution is 6.03. The average molecular weight is 273 g/mol. The third-order valence-corrected chi connectivity index (χ3v) is 3.89. The summed E-state index contributed by atoms with van der Waals surface area (Å²) in [5, 5.41) is 9.92. The number of aromatic nitrogens is 2. The van der Waals surface area contributed by atoms with E-state index in [1.807, 2.05) is 6.07 Å². The Kier molecular flexibility index (Phi) is 3.85. The fourth-order valence-electron chi connectivity index (χ4n) is 2.81. The SMILES string of the molecule is O=C(Nc1cc(CC2CCCCC2)[nH]n1)c1ccoc1. The van der Waals surface area contributed by atoms with E-state index in [4.69, 9.17) is 4.42 Å². The standard InChI is InChI=1S/C15H19N3O2/c19-15(12-6-7-20-10-12)16-14-9-13(17-18-14)8-11-4-2-1-3-5-11/h6-7,9-11H,1-5,8H2,(H2,16,17,18,19). The minimum Gasteiger partial charge on any atom is -0.472 e. The maximum atomic E-state index is 11.8. The Labute approximate surface area is 117 Å². The minimum atomic E-state index is -0.200. The van der Waals surface area contributed by atoms with Gasteiger partial charge < -0.3 is 9.73 Å². The molecule has 2 N–H and O–H groups in total. The van der Waals surface area contributed by atoms with Crippen molar-refractivity contribution in [1.29, 1.82) is 0 Å². The molecule has 2 aromatic rings. The van der Waals surface area contributed by atoms with E-state index in [0.29, 0.717) is 11.4 Å². The molecule has 0 spiro atoms. The van der Waals surface area contributed by atoms with Gasteiger partial charge in [0, 0.05) is 11.8 Å². The van der Waals surface area contributed by atoms with Crippen LogP contribution >= 0.6 is 0 Å². The van der Waals surface area contributed by atoms with Crippen molar-refractivity contribution in [1.82, 2.24) is 10.2 Å². The van der Waals surface area contributed by atoms with Crippen molar-refractivity contribution in [3.8, 4) is 0 Å². The zero-order valence-corrected chi connectivity index (χ0v) is 11.4. The second-order valence-electron chi connectivity index (χ2n) is 5.45. The van der Waals surface area contributed by atoms with Gasteiger partial charge in [0.2, 0.25) is 0 Å². The largest absolute Gasteiger partial charge is 0.472 e. The number of furan rings is 1. The highest BCUT2D eigenvalue weighted by atomic mass is 16.3. The van der Waals surface area contributed by atoms with Crippen LogP contribution in [0.15, 0.2) is 29.1 Å². The normalized spacial score (nSPS) is 16.2. The molecule has 0 aliphatic heterocycles. The number of H-pyrrole nitrogens is 1. The average Bonchev–Trinajstić information content (AvgIpc) is 3.11. The van der Waals surface area contributed by atoms with Crippen LogP contribution in [0.3, 0.4) is 0 Å². The molecular weight excluding hydrogens is 254 g/mol. The number of rotatable bonds is 4. The Morgan fingerprint density at radius 2 is 2.25 bits per heavy atom. The Morgan fingerprint density at radius 3 is 3.00 bits per heavy atom. The van der Waals surface area contributed by atoms with Crippen LogP contribution in [0.5, 0.6) is 0 Å². The lowest BCUT2D eigenvalue weighted by Crippen LogP contribution is -2.11. The molecule has 2 heterocycles. The molecule has 5 nitrogen and oxygen atoms in total. The van der Waals surface area contributed by atoms with Crippen LogP contribution < -0.4 is 5.32 Å². The summed E-state index contributed by atoms with van der Waals surface area (Å²) < 4.78 is 4.89. The van der Waals surface area contributed by atoms with Gasteiger partial charge in [0.05, 0.1) is 11.8 Å². The van der Waals surface area contributed by atoms with Crippen LogP contribution in [-0.2, 0) is 6.42 Å². The second kappa shape index (κ2) is 5.94. The lowest BCUT2D eigenvalue weighted by atomic mass is 9.86.